The van der Waals surface area contributed by atoms with E-state index in [-0.39, 0.29) is 11.4 Å². The van der Waals surface area contributed by atoms with Crippen molar-refractivity contribution in [1.29, 1.82) is 0 Å². The SMILES string of the molecule is Cc1cc(Oc2ccccc2[N+](=O)[O-])cc(C)c1Br. The summed E-state index contributed by atoms with van der Waals surface area (Å²) in [5.41, 5.74) is 2.00. The molecule has 0 fully saturated rings. The highest BCUT2D eigenvalue weighted by atomic mass is 79.9. The van der Waals surface area contributed by atoms with E-state index in [0.29, 0.717) is 5.75 Å². The van der Waals surface area contributed by atoms with Crippen LogP contribution in [0.1, 0.15) is 11.1 Å². The van der Waals surface area contributed by atoms with Gasteiger partial charge in [-0.05, 0) is 43.2 Å². The molecule has 0 aliphatic heterocycles. The molecule has 2 aromatic rings. The van der Waals surface area contributed by atoms with Gasteiger partial charge in [-0.2, -0.15) is 0 Å². The number of rotatable bonds is 3. The number of nitro benzene ring substituents is 1. The maximum absolute atomic E-state index is 10.9. The number of nitro groups is 1. The lowest BCUT2D eigenvalue weighted by atomic mass is 10.1. The third-order valence-electron chi connectivity index (χ3n) is 2.70. The summed E-state index contributed by atoms with van der Waals surface area (Å²) in [6, 6.07) is 10.0. The average Bonchev–Trinajstić information content (AvgIpc) is 2.36. The molecule has 2 aromatic carbocycles. The second-order valence-electron chi connectivity index (χ2n) is 4.20. The quantitative estimate of drug-likeness (QED) is 0.604. The molecule has 19 heavy (non-hydrogen) atoms. The van der Waals surface area contributed by atoms with Crippen LogP contribution in [0.3, 0.4) is 0 Å². The Kier molecular flexibility index (Phi) is 3.85. The fourth-order valence-electron chi connectivity index (χ4n) is 1.79. The summed E-state index contributed by atoms with van der Waals surface area (Å²) in [4.78, 5) is 10.5. The Hall–Kier alpha value is -1.88. The monoisotopic (exact) mass is 321 g/mol. The van der Waals surface area contributed by atoms with Crippen LogP contribution in [-0.2, 0) is 0 Å². The Morgan fingerprint density at radius 2 is 1.74 bits per heavy atom. The number of hydrogen-bond acceptors (Lipinski definition) is 3. The molecular formula is C14H12BrNO3. The zero-order valence-electron chi connectivity index (χ0n) is 10.5. The standard InChI is InChI=1S/C14H12BrNO3/c1-9-7-11(8-10(2)14(9)15)19-13-6-4-3-5-12(13)16(17)18/h3-8H,1-2H3. The smallest absolute Gasteiger partial charge is 0.311 e. The highest BCUT2D eigenvalue weighted by molar-refractivity contribution is 9.10. The van der Waals surface area contributed by atoms with E-state index >= 15 is 0 Å². The number of para-hydroxylation sites is 2. The minimum absolute atomic E-state index is 0.0410. The van der Waals surface area contributed by atoms with E-state index in [1.807, 2.05) is 26.0 Å². The zero-order valence-corrected chi connectivity index (χ0v) is 12.1. The van der Waals surface area contributed by atoms with Crippen molar-refractivity contribution < 1.29 is 9.66 Å². The number of aryl methyl sites for hydroxylation is 2. The molecule has 0 spiro atoms. The minimum Gasteiger partial charge on any atom is -0.450 e. The maximum Gasteiger partial charge on any atom is 0.311 e. The van der Waals surface area contributed by atoms with Gasteiger partial charge in [-0.25, -0.2) is 0 Å². The molecule has 0 radical (unpaired) electrons. The highest BCUT2D eigenvalue weighted by Crippen LogP contribution is 2.33. The lowest BCUT2D eigenvalue weighted by Crippen LogP contribution is -1.94. The Morgan fingerprint density at radius 3 is 2.32 bits per heavy atom. The van der Waals surface area contributed by atoms with E-state index < -0.39 is 4.92 Å². The Balaban J connectivity index is 2.39. The van der Waals surface area contributed by atoms with Gasteiger partial charge in [0.05, 0.1) is 4.92 Å². The van der Waals surface area contributed by atoms with Gasteiger partial charge in [0.25, 0.3) is 0 Å². The fourth-order valence-corrected chi connectivity index (χ4v) is 2.02. The molecule has 0 bridgehead atoms. The van der Waals surface area contributed by atoms with Gasteiger partial charge in [0, 0.05) is 10.5 Å². The van der Waals surface area contributed by atoms with Crippen LogP contribution in [0.2, 0.25) is 0 Å². The molecule has 0 aromatic heterocycles. The normalized spacial score (nSPS) is 10.3. The van der Waals surface area contributed by atoms with Gasteiger partial charge >= 0.3 is 5.69 Å². The third kappa shape index (κ3) is 2.93. The van der Waals surface area contributed by atoms with E-state index in [0.717, 1.165) is 15.6 Å². The van der Waals surface area contributed by atoms with E-state index in [1.54, 1.807) is 18.2 Å². The Morgan fingerprint density at radius 1 is 1.16 bits per heavy atom. The molecule has 0 heterocycles. The Labute approximate surface area is 119 Å². The first-order valence-corrected chi connectivity index (χ1v) is 6.46. The molecule has 0 amide bonds. The summed E-state index contributed by atoms with van der Waals surface area (Å²) < 4.78 is 6.64. The van der Waals surface area contributed by atoms with E-state index in [9.17, 15) is 10.1 Å². The zero-order chi connectivity index (χ0) is 14.0. The van der Waals surface area contributed by atoms with E-state index in [4.69, 9.17) is 4.74 Å². The highest BCUT2D eigenvalue weighted by Gasteiger charge is 2.15. The summed E-state index contributed by atoms with van der Waals surface area (Å²) in [6.45, 7) is 3.90. The van der Waals surface area contributed by atoms with Crippen molar-refractivity contribution >= 4 is 21.6 Å². The molecule has 0 saturated heterocycles. The molecule has 0 aliphatic carbocycles. The first-order chi connectivity index (χ1) is 8.99. The topological polar surface area (TPSA) is 52.4 Å². The molecule has 98 valence electrons. The van der Waals surface area contributed by atoms with Gasteiger partial charge in [-0.1, -0.05) is 28.1 Å². The van der Waals surface area contributed by atoms with Gasteiger partial charge in [-0.3, -0.25) is 10.1 Å². The first kappa shape index (κ1) is 13.5. The number of nitrogens with zero attached hydrogens (tertiary/aromatic N) is 1. The molecular weight excluding hydrogens is 310 g/mol. The van der Waals surface area contributed by atoms with Crippen molar-refractivity contribution in [2.45, 2.75) is 13.8 Å². The summed E-state index contributed by atoms with van der Waals surface area (Å²) in [7, 11) is 0. The molecule has 0 atom stereocenters. The van der Waals surface area contributed by atoms with Gasteiger partial charge in [0.2, 0.25) is 5.75 Å². The fraction of sp³-hybridized carbons (Fsp3) is 0.143. The molecule has 0 unspecified atom stereocenters. The van der Waals surface area contributed by atoms with Crippen LogP contribution in [0.25, 0.3) is 0 Å². The average molecular weight is 322 g/mol. The largest absolute Gasteiger partial charge is 0.450 e. The second kappa shape index (κ2) is 5.40. The molecule has 0 aliphatic rings. The van der Waals surface area contributed by atoms with Crippen LogP contribution in [-0.4, -0.2) is 4.92 Å². The lowest BCUT2D eigenvalue weighted by molar-refractivity contribution is -0.385. The number of halogens is 1. The first-order valence-electron chi connectivity index (χ1n) is 5.67. The van der Waals surface area contributed by atoms with Crippen LogP contribution >= 0.6 is 15.9 Å². The van der Waals surface area contributed by atoms with Crippen molar-refractivity contribution in [3.05, 3.63) is 62.1 Å². The van der Waals surface area contributed by atoms with Gasteiger partial charge in [0.1, 0.15) is 5.75 Å². The van der Waals surface area contributed by atoms with Crippen molar-refractivity contribution in [2.24, 2.45) is 0 Å². The Bertz CT molecular complexity index is 617. The van der Waals surface area contributed by atoms with Gasteiger partial charge < -0.3 is 4.74 Å². The lowest BCUT2D eigenvalue weighted by Gasteiger charge is -2.09. The molecule has 2 rings (SSSR count). The predicted molar refractivity (Wildman–Crippen MR) is 76.8 cm³/mol. The van der Waals surface area contributed by atoms with Crippen molar-refractivity contribution in [2.75, 3.05) is 0 Å². The van der Waals surface area contributed by atoms with Gasteiger partial charge in [-0.15, -0.1) is 0 Å². The van der Waals surface area contributed by atoms with Crippen LogP contribution in [0.5, 0.6) is 11.5 Å². The number of ether oxygens (including phenoxy) is 1. The van der Waals surface area contributed by atoms with Crippen LogP contribution in [0.15, 0.2) is 40.9 Å². The molecule has 0 N–H and O–H groups in total. The van der Waals surface area contributed by atoms with Crippen molar-refractivity contribution in [3.8, 4) is 11.5 Å². The predicted octanol–water partition coefficient (Wildman–Crippen LogP) is 4.77. The summed E-state index contributed by atoms with van der Waals surface area (Å²) in [6.07, 6.45) is 0. The second-order valence-corrected chi connectivity index (χ2v) is 4.99. The van der Waals surface area contributed by atoms with E-state index in [2.05, 4.69) is 15.9 Å². The summed E-state index contributed by atoms with van der Waals surface area (Å²) in [5.74, 6) is 0.834. The minimum atomic E-state index is -0.450. The van der Waals surface area contributed by atoms with Crippen molar-refractivity contribution in [3.63, 3.8) is 0 Å². The molecule has 0 saturated carbocycles. The summed E-state index contributed by atoms with van der Waals surface area (Å²) in [5, 5.41) is 10.9. The van der Waals surface area contributed by atoms with Crippen molar-refractivity contribution in [1.82, 2.24) is 0 Å². The van der Waals surface area contributed by atoms with Crippen LogP contribution in [0, 0.1) is 24.0 Å². The van der Waals surface area contributed by atoms with Gasteiger partial charge in [0.15, 0.2) is 0 Å². The number of benzene rings is 2. The number of hydrogen-bond donors (Lipinski definition) is 0. The molecule has 5 heteroatoms. The molecule has 4 nitrogen and oxygen atoms in total. The van der Waals surface area contributed by atoms with Crippen LogP contribution < -0.4 is 4.74 Å². The summed E-state index contributed by atoms with van der Waals surface area (Å²) >= 11 is 3.47. The third-order valence-corrected chi connectivity index (χ3v) is 3.95. The maximum atomic E-state index is 10.9. The van der Waals surface area contributed by atoms with E-state index in [1.165, 1.54) is 6.07 Å². The van der Waals surface area contributed by atoms with Crippen LogP contribution in [0.4, 0.5) is 5.69 Å².